The van der Waals surface area contributed by atoms with Gasteiger partial charge in [0.15, 0.2) is 5.96 Å². The van der Waals surface area contributed by atoms with Crippen molar-refractivity contribution in [2.75, 3.05) is 33.7 Å². The number of nitrogens with zero attached hydrogens (tertiary/aromatic N) is 2. The third-order valence-electron chi connectivity index (χ3n) is 5.74. The number of amides is 1. The van der Waals surface area contributed by atoms with Crippen LogP contribution in [0.2, 0.25) is 0 Å². The van der Waals surface area contributed by atoms with Crippen molar-refractivity contribution in [1.82, 2.24) is 15.5 Å². The maximum Gasteiger partial charge on any atom is 0.391 e. The Balaban J connectivity index is 1.71. The van der Waals surface area contributed by atoms with Crippen LogP contribution in [0.4, 0.5) is 13.2 Å². The summed E-state index contributed by atoms with van der Waals surface area (Å²) in [5.74, 6) is 0.456. The van der Waals surface area contributed by atoms with Gasteiger partial charge in [0.1, 0.15) is 0 Å². The van der Waals surface area contributed by atoms with Crippen LogP contribution >= 0.6 is 0 Å². The van der Waals surface area contributed by atoms with Gasteiger partial charge in [-0.05, 0) is 50.4 Å². The Kier molecular flexibility index (Phi) is 7.58. The smallest absolute Gasteiger partial charge is 0.359 e. The number of piperidine rings is 1. The molecule has 2 N–H and O–H groups in total. The van der Waals surface area contributed by atoms with Crippen LogP contribution in [-0.4, -0.2) is 56.7 Å². The molecule has 1 saturated heterocycles. The maximum absolute atomic E-state index is 12.7. The van der Waals surface area contributed by atoms with Gasteiger partial charge >= 0.3 is 6.18 Å². The zero-order valence-electron chi connectivity index (χ0n) is 15.7. The minimum atomic E-state index is -4.05. The Bertz CT molecular complexity index is 479. The molecule has 0 radical (unpaired) electrons. The molecule has 1 saturated carbocycles. The number of carbonyl (C=O) groups excluding carboxylic acids is 1. The van der Waals surface area contributed by atoms with Crippen LogP contribution in [0.3, 0.4) is 0 Å². The predicted molar refractivity (Wildman–Crippen MR) is 95.8 cm³/mol. The van der Waals surface area contributed by atoms with E-state index < -0.39 is 12.1 Å². The second-order valence-electron chi connectivity index (χ2n) is 7.50. The van der Waals surface area contributed by atoms with Crippen molar-refractivity contribution in [3.8, 4) is 0 Å². The second-order valence-corrected chi connectivity index (χ2v) is 7.50. The average Bonchev–Trinajstić information content (AvgIpc) is 2.63. The lowest BCUT2D eigenvalue weighted by molar-refractivity contribution is -0.183. The Morgan fingerprint density at radius 3 is 2.19 bits per heavy atom. The largest absolute Gasteiger partial charge is 0.391 e. The maximum atomic E-state index is 12.7. The lowest BCUT2D eigenvalue weighted by Crippen LogP contribution is -2.47. The van der Waals surface area contributed by atoms with Crippen molar-refractivity contribution >= 4 is 11.9 Å². The molecule has 0 aromatic carbocycles. The number of hydrogen-bond acceptors (Lipinski definition) is 2. The second kappa shape index (κ2) is 9.46. The minimum absolute atomic E-state index is 0.0837. The zero-order valence-corrected chi connectivity index (χ0v) is 15.7. The average molecular weight is 376 g/mol. The van der Waals surface area contributed by atoms with Gasteiger partial charge < -0.3 is 15.5 Å². The lowest BCUT2D eigenvalue weighted by atomic mass is 9.81. The molecule has 2 aliphatic rings. The van der Waals surface area contributed by atoms with Crippen LogP contribution in [-0.2, 0) is 4.79 Å². The first-order chi connectivity index (χ1) is 12.3. The third kappa shape index (κ3) is 6.06. The van der Waals surface area contributed by atoms with E-state index in [1.807, 2.05) is 0 Å². The minimum Gasteiger partial charge on any atom is -0.359 e. The number of carbonyl (C=O) groups is 1. The molecule has 1 aliphatic heterocycles. The monoisotopic (exact) mass is 376 g/mol. The highest BCUT2D eigenvalue weighted by Crippen LogP contribution is 2.39. The molecule has 0 aromatic rings. The van der Waals surface area contributed by atoms with Crippen molar-refractivity contribution in [1.29, 1.82) is 0 Å². The molecule has 0 atom stereocenters. The Morgan fingerprint density at radius 2 is 1.69 bits per heavy atom. The number of guanidine groups is 1. The summed E-state index contributed by atoms with van der Waals surface area (Å²) in [5.41, 5.74) is 0. The highest BCUT2D eigenvalue weighted by Gasteiger charge is 2.41. The zero-order chi connectivity index (χ0) is 19.2. The van der Waals surface area contributed by atoms with Gasteiger partial charge in [-0.1, -0.05) is 0 Å². The van der Waals surface area contributed by atoms with Gasteiger partial charge in [0.05, 0.1) is 5.92 Å². The molecular formula is C18H31F3N4O. The molecule has 26 heavy (non-hydrogen) atoms. The van der Waals surface area contributed by atoms with E-state index in [-0.39, 0.29) is 24.7 Å². The summed E-state index contributed by atoms with van der Waals surface area (Å²) in [6.07, 6.45) is 0.116. The van der Waals surface area contributed by atoms with Crippen LogP contribution in [0, 0.1) is 17.8 Å². The standard InChI is InChI=1S/C18H31F3N4O/c1-22-16(26)11-13-7-9-25(10-8-13)17(23-2)24-12-14-3-5-15(6-4-14)18(19,20)21/h13-15H,3-12H2,1-2H3,(H,22,26)(H,23,24). The van der Waals surface area contributed by atoms with Gasteiger partial charge in [-0.15, -0.1) is 0 Å². The first-order valence-electron chi connectivity index (χ1n) is 9.56. The molecule has 1 heterocycles. The quantitative estimate of drug-likeness (QED) is 0.586. The molecule has 5 nitrogen and oxygen atoms in total. The number of nitrogens with one attached hydrogen (secondary N) is 2. The fourth-order valence-corrected chi connectivity index (χ4v) is 3.97. The van der Waals surface area contributed by atoms with Gasteiger partial charge in [-0.25, -0.2) is 0 Å². The van der Waals surface area contributed by atoms with Gasteiger partial charge in [-0.2, -0.15) is 13.2 Å². The first-order valence-corrected chi connectivity index (χ1v) is 9.56. The van der Waals surface area contributed by atoms with Gasteiger partial charge in [-0.3, -0.25) is 9.79 Å². The summed E-state index contributed by atoms with van der Waals surface area (Å²) in [7, 11) is 3.39. The van der Waals surface area contributed by atoms with E-state index in [0.717, 1.165) is 31.9 Å². The van der Waals surface area contributed by atoms with Crippen LogP contribution in [0.5, 0.6) is 0 Å². The topological polar surface area (TPSA) is 56.7 Å². The van der Waals surface area contributed by atoms with E-state index in [2.05, 4.69) is 20.5 Å². The molecular weight excluding hydrogens is 345 g/mol. The van der Waals surface area contributed by atoms with Crippen molar-refractivity contribution in [2.24, 2.45) is 22.7 Å². The van der Waals surface area contributed by atoms with Crippen molar-refractivity contribution in [3.05, 3.63) is 0 Å². The molecule has 8 heteroatoms. The Hall–Kier alpha value is -1.47. The van der Waals surface area contributed by atoms with Crippen LogP contribution in [0.25, 0.3) is 0 Å². The van der Waals surface area contributed by atoms with Crippen molar-refractivity contribution in [2.45, 2.75) is 51.1 Å². The predicted octanol–water partition coefficient (Wildman–Crippen LogP) is 2.78. The summed E-state index contributed by atoms with van der Waals surface area (Å²) in [6, 6.07) is 0. The summed E-state index contributed by atoms with van der Waals surface area (Å²) >= 11 is 0. The fraction of sp³-hybridized carbons (Fsp3) is 0.889. The third-order valence-corrected chi connectivity index (χ3v) is 5.74. The summed E-state index contributed by atoms with van der Waals surface area (Å²) in [6.45, 7) is 2.37. The first kappa shape index (κ1) is 20.8. The van der Waals surface area contributed by atoms with E-state index >= 15 is 0 Å². The Labute approximate surface area is 153 Å². The highest BCUT2D eigenvalue weighted by molar-refractivity contribution is 5.80. The van der Waals surface area contributed by atoms with Gasteiger partial charge in [0, 0.05) is 40.2 Å². The molecule has 0 aromatic heterocycles. The fourth-order valence-electron chi connectivity index (χ4n) is 3.97. The van der Waals surface area contributed by atoms with Crippen LogP contribution < -0.4 is 10.6 Å². The van der Waals surface area contributed by atoms with E-state index in [4.69, 9.17) is 0 Å². The molecule has 2 fully saturated rings. The van der Waals surface area contributed by atoms with Crippen molar-refractivity contribution < 1.29 is 18.0 Å². The highest BCUT2D eigenvalue weighted by atomic mass is 19.4. The number of halogens is 3. The number of hydrogen-bond donors (Lipinski definition) is 2. The number of alkyl halides is 3. The molecule has 0 spiro atoms. The Morgan fingerprint density at radius 1 is 1.08 bits per heavy atom. The molecule has 150 valence electrons. The molecule has 1 aliphatic carbocycles. The molecule has 1 amide bonds. The lowest BCUT2D eigenvalue weighted by Gasteiger charge is -2.35. The SMILES string of the molecule is CN=C(NCC1CCC(C(F)(F)F)CC1)N1CCC(CC(=O)NC)CC1. The van der Waals surface area contributed by atoms with Crippen LogP contribution in [0.15, 0.2) is 4.99 Å². The number of rotatable bonds is 4. The van der Waals surface area contributed by atoms with Gasteiger partial charge in [0.2, 0.25) is 5.91 Å². The molecule has 0 unspecified atom stereocenters. The summed E-state index contributed by atoms with van der Waals surface area (Å²) in [5, 5.41) is 6.01. The van der Waals surface area contributed by atoms with Crippen molar-refractivity contribution in [3.63, 3.8) is 0 Å². The summed E-state index contributed by atoms with van der Waals surface area (Å²) in [4.78, 5) is 18.0. The number of likely N-dealkylation sites (tertiary alicyclic amines) is 1. The van der Waals surface area contributed by atoms with Gasteiger partial charge in [0.25, 0.3) is 0 Å². The van der Waals surface area contributed by atoms with Crippen LogP contribution in [0.1, 0.15) is 44.9 Å². The molecule has 0 bridgehead atoms. The van der Waals surface area contributed by atoms with E-state index in [1.165, 1.54) is 0 Å². The summed E-state index contributed by atoms with van der Waals surface area (Å²) < 4.78 is 38.2. The normalized spacial score (nSPS) is 25.9. The van der Waals surface area contributed by atoms with E-state index in [0.29, 0.717) is 31.7 Å². The number of aliphatic imine (C=N–C) groups is 1. The molecule has 2 rings (SSSR count). The van der Waals surface area contributed by atoms with E-state index in [9.17, 15) is 18.0 Å². The van der Waals surface area contributed by atoms with E-state index in [1.54, 1.807) is 14.1 Å².